The van der Waals surface area contributed by atoms with Gasteiger partial charge in [0.15, 0.2) is 11.6 Å². The average molecular weight is 431 g/mol. The SMILES string of the molecule is CCCNC1CCN(c2nc(-c3c(N)cc(C(F)(F)F)cc3N)nc3cccnc23)C1. The maximum absolute atomic E-state index is 13.1. The number of nitrogens with two attached hydrogens (primary N) is 2. The van der Waals surface area contributed by atoms with Crippen LogP contribution in [-0.2, 0) is 6.18 Å². The van der Waals surface area contributed by atoms with Gasteiger partial charge in [-0.25, -0.2) is 9.97 Å². The number of halogens is 3. The Morgan fingerprint density at radius 3 is 2.61 bits per heavy atom. The van der Waals surface area contributed by atoms with Gasteiger partial charge in [0.05, 0.1) is 16.6 Å². The van der Waals surface area contributed by atoms with E-state index < -0.39 is 11.7 Å². The van der Waals surface area contributed by atoms with Gasteiger partial charge in [0, 0.05) is 36.7 Å². The number of benzene rings is 1. The summed E-state index contributed by atoms with van der Waals surface area (Å²) in [5.74, 6) is 0.810. The first-order chi connectivity index (χ1) is 14.8. The summed E-state index contributed by atoms with van der Waals surface area (Å²) in [6.07, 6.45) is -0.877. The van der Waals surface area contributed by atoms with Crippen molar-refractivity contribution in [2.45, 2.75) is 32.0 Å². The molecular weight excluding hydrogens is 407 g/mol. The van der Waals surface area contributed by atoms with E-state index in [0.717, 1.165) is 44.6 Å². The fourth-order valence-electron chi connectivity index (χ4n) is 3.86. The standard InChI is InChI=1S/C21H24F3N7/c1-2-6-27-13-5-8-31(11-13)20-18-16(4-3-7-28-18)29-19(30-20)17-14(25)9-12(10-15(17)26)21(22,23)24/h3-4,7,9-10,13,27H,2,5-6,8,11,25-26H2,1H3. The lowest BCUT2D eigenvalue weighted by molar-refractivity contribution is -0.137. The van der Waals surface area contributed by atoms with Crippen LogP contribution < -0.4 is 21.7 Å². The number of fused-ring (bicyclic) bond motifs is 1. The molecule has 7 nitrogen and oxygen atoms in total. The van der Waals surface area contributed by atoms with Gasteiger partial charge in [-0.2, -0.15) is 13.2 Å². The molecule has 0 saturated carbocycles. The summed E-state index contributed by atoms with van der Waals surface area (Å²) in [4.78, 5) is 15.7. The number of alkyl halides is 3. The van der Waals surface area contributed by atoms with Crippen LogP contribution in [0.1, 0.15) is 25.3 Å². The highest BCUT2D eigenvalue weighted by molar-refractivity contribution is 5.91. The molecule has 5 N–H and O–H groups in total. The van der Waals surface area contributed by atoms with Crippen molar-refractivity contribution in [3.63, 3.8) is 0 Å². The largest absolute Gasteiger partial charge is 0.416 e. The van der Waals surface area contributed by atoms with E-state index in [9.17, 15) is 13.2 Å². The van der Waals surface area contributed by atoms with Crippen molar-refractivity contribution in [2.24, 2.45) is 0 Å². The predicted molar refractivity (Wildman–Crippen MR) is 116 cm³/mol. The lowest BCUT2D eigenvalue weighted by atomic mass is 10.1. The van der Waals surface area contributed by atoms with Crippen molar-refractivity contribution in [3.8, 4) is 11.4 Å². The number of anilines is 3. The van der Waals surface area contributed by atoms with Gasteiger partial charge < -0.3 is 21.7 Å². The van der Waals surface area contributed by atoms with Crippen LogP contribution in [0.25, 0.3) is 22.4 Å². The minimum Gasteiger partial charge on any atom is -0.398 e. The molecule has 1 aliphatic heterocycles. The number of hydrogen-bond donors (Lipinski definition) is 3. The molecule has 3 aromatic rings. The Bertz CT molecular complexity index is 1080. The first kappa shape index (κ1) is 21.1. The van der Waals surface area contributed by atoms with Gasteiger partial charge in [-0.3, -0.25) is 4.98 Å². The number of rotatable bonds is 5. The first-order valence-electron chi connectivity index (χ1n) is 10.2. The van der Waals surface area contributed by atoms with E-state index in [4.69, 9.17) is 11.5 Å². The van der Waals surface area contributed by atoms with Gasteiger partial charge in [-0.1, -0.05) is 6.92 Å². The highest BCUT2D eigenvalue weighted by atomic mass is 19.4. The third kappa shape index (κ3) is 4.20. The van der Waals surface area contributed by atoms with Crippen LogP contribution in [0.4, 0.5) is 30.4 Å². The third-order valence-electron chi connectivity index (χ3n) is 5.36. The summed E-state index contributed by atoms with van der Waals surface area (Å²) in [5.41, 5.74) is 12.2. The molecule has 2 aromatic heterocycles. The van der Waals surface area contributed by atoms with E-state index >= 15 is 0 Å². The van der Waals surface area contributed by atoms with E-state index in [-0.39, 0.29) is 22.8 Å². The summed E-state index contributed by atoms with van der Waals surface area (Å²) in [6.45, 7) is 4.58. The molecule has 1 atom stereocenters. The molecule has 0 radical (unpaired) electrons. The average Bonchev–Trinajstić information content (AvgIpc) is 3.19. The minimum absolute atomic E-state index is 0.120. The zero-order valence-corrected chi connectivity index (χ0v) is 17.1. The smallest absolute Gasteiger partial charge is 0.398 e. The number of hydrogen-bond acceptors (Lipinski definition) is 7. The Hall–Kier alpha value is -3.14. The second-order valence-corrected chi connectivity index (χ2v) is 7.66. The van der Waals surface area contributed by atoms with Crippen LogP contribution in [-0.4, -0.2) is 40.6 Å². The Labute approximate surface area is 177 Å². The highest BCUT2D eigenvalue weighted by Crippen LogP contribution is 2.39. The zero-order valence-electron chi connectivity index (χ0n) is 17.1. The number of nitrogen functional groups attached to an aromatic ring is 2. The second kappa shape index (κ2) is 8.18. The normalized spacial score (nSPS) is 16.9. The van der Waals surface area contributed by atoms with Crippen LogP contribution in [0, 0.1) is 0 Å². The van der Waals surface area contributed by atoms with Crippen molar-refractivity contribution in [1.29, 1.82) is 0 Å². The van der Waals surface area contributed by atoms with Crippen molar-refractivity contribution < 1.29 is 13.2 Å². The molecule has 0 aliphatic carbocycles. The molecule has 1 unspecified atom stereocenters. The molecule has 3 heterocycles. The second-order valence-electron chi connectivity index (χ2n) is 7.66. The molecule has 1 aliphatic rings. The van der Waals surface area contributed by atoms with Gasteiger partial charge in [0.2, 0.25) is 0 Å². The van der Waals surface area contributed by atoms with Crippen LogP contribution in [0.15, 0.2) is 30.5 Å². The molecule has 164 valence electrons. The molecule has 0 spiro atoms. The lowest BCUT2D eigenvalue weighted by Gasteiger charge is -2.21. The Morgan fingerprint density at radius 2 is 1.94 bits per heavy atom. The van der Waals surface area contributed by atoms with Crippen LogP contribution in [0.5, 0.6) is 0 Å². The molecule has 1 aromatic carbocycles. The Morgan fingerprint density at radius 1 is 1.19 bits per heavy atom. The molecule has 1 saturated heterocycles. The molecule has 0 bridgehead atoms. The quantitative estimate of drug-likeness (QED) is 0.531. The van der Waals surface area contributed by atoms with Gasteiger partial charge in [-0.05, 0) is 43.7 Å². The van der Waals surface area contributed by atoms with Crippen molar-refractivity contribution in [1.82, 2.24) is 20.3 Å². The molecule has 0 amide bonds. The fourth-order valence-corrected chi connectivity index (χ4v) is 3.86. The summed E-state index contributed by atoms with van der Waals surface area (Å²) in [5, 5.41) is 3.51. The minimum atomic E-state index is -4.55. The lowest BCUT2D eigenvalue weighted by Crippen LogP contribution is -2.33. The number of aromatic nitrogens is 3. The third-order valence-corrected chi connectivity index (χ3v) is 5.36. The maximum atomic E-state index is 13.1. The van der Waals surface area contributed by atoms with E-state index in [1.165, 1.54) is 0 Å². The molecular formula is C21H24F3N7. The number of nitrogens with zero attached hydrogens (tertiary/aromatic N) is 4. The van der Waals surface area contributed by atoms with Crippen molar-refractivity contribution >= 4 is 28.2 Å². The molecule has 31 heavy (non-hydrogen) atoms. The van der Waals surface area contributed by atoms with Gasteiger partial charge in [-0.15, -0.1) is 0 Å². The number of pyridine rings is 1. The molecule has 4 rings (SSSR count). The predicted octanol–water partition coefficient (Wildman–Crippen LogP) is 3.45. The molecule has 10 heteroatoms. The van der Waals surface area contributed by atoms with Crippen molar-refractivity contribution in [3.05, 3.63) is 36.0 Å². The van der Waals surface area contributed by atoms with Crippen LogP contribution >= 0.6 is 0 Å². The maximum Gasteiger partial charge on any atom is 0.416 e. The summed E-state index contributed by atoms with van der Waals surface area (Å²) < 4.78 is 39.4. The van der Waals surface area contributed by atoms with Gasteiger partial charge in [0.25, 0.3) is 0 Å². The topological polar surface area (TPSA) is 106 Å². The van der Waals surface area contributed by atoms with E-state index in [2.05, 4.69) is 32.1 Å². The Balaban J connectivity index is 1.79. The van der Waals surface area contributed by atoms with Gasteiger partial charge in [0.1, 0.15) is 5.52 Å². The first-order valence-corrected chi connectivity index (χ1v) is 10.2. The Kier molecular flexibility index (Phi) is 5.57. The molecule has 1 fully saturated rings. The van der Waals surface area contributed by atoms with E-state index in [1.54, 1.807) is 18.3 Å². The fraction of sp³-hybridized carbons (Fsp3) is 0.381. The van der Waals surface area contributed by atoms with E-state index in [1.807, 2.05) is 0 Å². The van der Waals surface area contributed by atoms with Gasteiger partial charge >= 0.3 is 6.18 Å². The van der Waals surface area contributed by atoms with Crippen LogP contribution in [0.2, 0.25) is 0 Å². The number of nitrogens with one attached hydrogen (secondary N) is 1. The summed E-state index contributed by atoms with van der Waals surface area (Å²) in [7, 11) is 0. The van der Waals surface area contributed by atoms with Crippen molar-refractivity contribution in [2.75, 3.05) is 36.0 Å². The zero-order chi connectivity index (χ0) is 22.2. The monoisotopic (exact) mass is 431 g/mol. The van der Waals surface area contributed by atoms with Crippen LogP contribution in [0.3, 0.4) is 0 Å². The highest BCUT2D eigenvalue weighted by Gasteiger charge is 2.32. The van der Waals surface area contributed by atoms with E-state index in [0.29, 0.717) is 22.9 Å². The summed E-state index contributed by atoms with van der Waals surface area (Å²) in [6, 6.07) is 5.60. The summed E-state index contributed by atoms with van der Waals surface area (Å²) >= 11 is 0.